The molecule has 6 rings (SSSR count). The molecule has 0 aromatic heterocycles. The number of hydrogen-bond acceptors (Lipinski definition) is 3. The third-order valence-electron chi connectivity index (χ3n) is 8.39. The minimum Gasteiger partial charge on any atom is -0.481 e. The van der Waals surface area contributed by atoms with Gasteiger partial charge in [-0.1, -0.05) is 94.2 Å². The molecule has 0 atom stereocenters. The summed E-state index contributed by atoms with van der Waals surface area (Å²) in [6, 6.07) is 19.3. The topological polar surface area (TPSA) is 112 Å². The first-order valence-electron chi connectivity index (χ1n) is 15.1. The average molecular weight is 598 g/mol. The van der Waals surface area contributed by atoms with Crippen LogP contribution in [0.5, 0.6) is 0 Å². The third kappa shape index (κ3) is 11.7. The van der Waals surface area contributed by atoms with Crippen LogP contribution in [0.15, 0.2) is 54.6 Å². The second-order valence-electron chi connectivity index (χ2n) is 11.3. The van der Waals surface area contributed by atoms with Crippen LogP contribution in [0, 0.1) is 17.8 Å². The summed E-state index contributed by atoms with van der Waals surface area (Å²) >= 11 is 0. The predicted octanol–water partition coefficient (Wildman–Crippen LogP) is 8.66. The van der Waals surface area contributed by atoms with Gasteiger partial charge in [-0.2, -0.15) is 0 Å². The Morgan fingerprint density at radius 1 is 0.488 bits per heavy atom. The van der Waals surface area contributed by atoms with Gasteiger partial charge in [-0.3, -0.25) is 14.4 Å². The predicted molar refractivity (Wildman–Crippen MR) is 160 cm³/mol. The Morgan fingerprint density at radius 3 is 1.00 bits per heavy atom. The van der Waals surface area contributed by atoms with E-state index in [1.807, 2.05) is 0 Å². The molecule has 3 aromatic rings. The maximum absolute atomic E-state index is 10.4. The first-order valence-corrected chi connectivity index (χ1v) is 15.1. The number of aliphatic carboxylic acids is 3. The number of carboxylic acid groups (broad SMARTS) is 3. The van der Waals surface area contributed by atoms with Gasteiger partial charge < -0.3 is 15.3 Å². The Morgan fingerprint density at radius 2 is 0.756 bits per heavy atom. The second-order valence-corrected chi connectivity index (χ2v) is 11.3. The molecule has 3 aliphatic rings. The summed E-state index contributed by atoms with van der Waals surface area (Å²) < 4.78 is 0. The molecule has 3 N–H and O–H groups in total. The zero-order valence-electron chi connectivity index (χ0n) is 24.1. The van der Waals surface area contributed by atoms with Crippen LogP contribution in [0.4, 0.5) is 0 Å². The first-order chi connectivity index (χ1) is 19.4. The quantitative estimate of drug-likeness (QED) is 0.206. The number of hydrogen-bond donors (Lipinski definition) is 3. The van der Waals surface area contributed by atoms with Crippen molar-refractivity contribution in [2.75, 3.05) is 0 Å². The van der Waals surface area contributed by atoms with Crippen molar-refractivity contribution in [3.63, 3.8) is 0 Å². The molecule has 0 amide bonds. The monoisotopic (exact) mass is 597 g/mol. The van der Waals surface area contributed by atoms with E-state index < -0.39 is 17.9 Å². The molecule has 41 heavy (non-hydrogen) atoms. The first kappa shape index (κ1) is 34.6. The summed E-state index contributed by atoms with van der Waals surface area (Å²) in [4.78, 5) is 31.1. The maximum Gasteiger partial charge on any atom is 0.306 e. The van der Waals surface area contributed by atoms with Crippen LogP contribution in [0.1, 0.15) is 96.3 Å². The Labute approximate surface area is 258 Å². The molecular weight excluding hydrogens is 552 g/mol. The maximum atomic E-state index is 10.4. The minimum absolute atomic E-state index is 0. The zero-order chi connectivity index (χ0) is 28.7. The largest absolute Gasteiger partial charge is 0.481 e. The Balaban J connectivity index is 0.000000193. The third-order valence-corrected chi connectivity index (χ3v) is 8.39. The fourth-order valence-electron chi connectivity index (χ4n) is 5.95. The summed E-state index contributed by atoms with van der Waals surface area (Å²) in [6.07, 6.45) is 15.7. The van der Waals surface area contributed by atoms with Gasteiger partial charge in [-0.05, 0) is 38.5 Å². The molecule has 0 saturated heterocycles. The van der Waals surface area contributed by atoms with E-state index in [0.717, 1.165) is 77.0 Å². The van der Waals surface area contributed by atoms with E-state index in [1.54, 1.807) is 0 Å². The van der Waals surface area contributed by atoms with E-state index in [4.69, 9.17) is 15.3 Å². The average Bonchev–Trinajstić information content (AvgIpc) is 3.38. The van der Waals surface area contributed by atoms with Gasteiger partial charge in [-0.25, -0.2) is 0 Å². The molecule has 0 aliphatic heterocycles. The van der Waals surface area contributed by atoms with Crippen molar-refractivity contribution in [3.05, 3.63) is 54.6 Å². The van der Waals surface area contributed by atoms with Crippen molar-refractivity contribution in [1.82, 2.24) is 0 Å². The summed E-state index contributed by atoms with van der Waals surface area (Å²) in [5.74, 6) is -1.89. The van der Waals surface area contributed by atoms with Crippen LogP contribution in [-0.4, -0.2) is 33.2 Å². The van der Waals surface area contributed by atoms with Crippen LogP contribution in [-0.2, 0) is 36.1 Å². The van der Waals surface area contributed by atoms with E-state index in [9.17, 15) is 14.4 Å². The van der Waals surface area contributed by atoms with Gasteiger partial charge in [0.05, 0.1) is 17.8 Å². The molecule has 0 bridgehead atoms. The Bertz CT molecular complexity index is 1080. The van der Waals surface area contributed by atoms with Crippen molar-refractivity contribution in [2.45, 2.75) is 96.3 Å². The number of carbonyl (C=O) groups is 3. The summed E-state index contributed by atoms with van der Waals surface area (Å²) in [6.45, 7) is 0. The van der Waals surface area contributed by atoms with Crippen molar-refractivity contribution in [2.24, 2.45) is 17.8 Å². The molecule has 3 aromatic carbocycles. The van der Waals surface area contributed by atoms with Crippen molar-refractivity contribution in [1.29, 1.82) is 0 Å². The van der Waals surface area contributed by atoms with Crippen molar-refractivity contribution < 1.29 is 51.4 Å². The minimum atomic E-state index is -0.602. The molecule has 3 aliphatic carbocycles. The molecule has 7 heteroatoms. The second kappa shape index (κ2) is 18.8. The molecular formula is C34H45O6Ti-. The smallest absolute Gasteiger partial charge is 0.306 e. The summed E-state index contributed by atoms with van der Waals surface area (Å²) in [7, 11) is 0. The zero-order valence-corrected chi connectivity index (χ0v) is 25.7. The number of rotatable bonds is 3. The van der Waals surface area contributed by atoms with Gasteiger partial charge in [0.2, 0.25) is 0 Å². The number of carboxylic acids is 3. The number of benzene rings is 2. The van der Waals surface area contributed by atoms with Gasteiger partial charge in [0.1, 0.15) is 0 Å². The van der Waals surface area contributed by atoms with Gasteiger partial charge in [0.25, 0.3) is 0 Å². The Kier molecular flexibility index (Phi) is 15.9. The molecule has 6 nitrogen and oxygen atoms in total. The molecule has 3 fully saturated rings. The fraction of sp³-hybridized carbons (Fsp3) is 0.529. The molecule has 0 radical (unpaired) electrons. The van der Waals surface area contributed by atoms with Crippen LogP contribution in [0.3, 0.4) is 0 Å². The standard InChI is InChI=1S/C13H9.3C7H12O2.Ti/c1-3-7-12-10(5-1)9-11-6-2-4-8-13(11)12;3*8-7(9)6-4-2-1-3-5-6;/h1-9H;3*6H,1-5H2,(H,8,9);/q-1;;;;. The number of fused-ring (bicyclic) bond motifs is 3. The van der Waals surface area contributed by atoms with Crippen molar-refractivity contribution >= 4 is 39.5 Å². The van der Waals surface area contributed by atoms with Crippen LogP contribution in [0.2, 0.25) is 0 Å². The SMILES string of the molecule is O=C(O)C1CCCCC1.O=C(O)C1CCCCC1.O=C(O)C1CCCCC1.[Ti].c1ccc2c(c1)[cH-]c1ccccc12. The molecule has 0 heterocycles. The van der Waals surface area contributed by atoms with E-state index in [0.29, 0.717) is 0 Å². The van der Waals surface area contributed by atoms with Gasteiger partial charge in [0, 0.05) is 21.7 Å². The summed E-state index contributed by atoms with van der Waals surface area (Å²) in [5, 5.41) is 31.0. The van der Waals surface area contributed by atoms with E-state index in [-0.39, 0.29) is 39.5 Å². The van der Waals surface area contributed by atoms with Crippen LogP contribution in [0.25, 0.3) is 21.5 Å². The van der Waals surface area contributed by atoms with Crippen LogP contribution < -0.4 is 0 Å². The van der Waals surface area contributed by atoms with E-state index >= 15 is 0 Å². The van der Waals surface area contributed by atoms with Crippen molar-refractivity contribution in [3.8, 4) is 0 Å². The molecule has 0 spiro atoms. The Hall–Kier alpha value is -2.57. The molecule has 3 saturated carbocycles. The van der Waals surface area contributed by atoms with Gasteiger partial charge >= 0.3 is 17.9 Å². The normalized spacial score (nSPS) is 17.9. The van der Waals surface area contributed by atoms with Gasteiger partial charge in [-0.15, -0.1) is 39.7 Å². The molecule has 0 unspecified atom stereocenters. The molecule has 222 valence electrons. The van der Waals surface area contributed by atoms with Crippen LogP contribution >= 0.6 is 0 Å². The fourth-order valence-corrected chi connectivity index (χ4v) is 5.95. The van der Waals surface area contributed by atoms with E-state index in [1.165, 1.54) is 40.8 Å². The van der Waals surface area contributed by atoms with Gasteiger partial charge in [0.15, 0.2) is 0 Å². The summed E-state index contributed by atoms with van der Waals surface area (Å²) in [5.41, 5.74) is 0. The van der Waals surface area contributed by atoms with E-state index in [2.05, 4.69) is 54.6 Å².